The number of fused-ring (bicyclic) bond motifs is 1. The topological polar surface area (TPSA) is 116 Å². The van der Waals surface area contributed by atoms with E-state index in [1.165, 1.54) is 6.20 Å². The highest BCUT2D eigenvalue weighted by Crippen LogP contribution is 2.27. The van der Waals surface area contributed by atoms with Gasteiger partial charge in [0.05, 0.1) is 25.6 Å². The molecule has 0 aliphatic carbocycles. The zero-order valence-electron chi connectivity index (χ0n) is 20.5. The van der Waals surface area contributed by atoms with Gasteiger partial charge >= 0.3 is 0 Å². The molecule has 0 aromatic carbocycles. The average molecular weight is 481 g/mol. The molecule has 0 bridgehead atoms. The molecule has 0 saturated heterocycles. The maximum atomic E-state index is 13.4. The molecule has 3 heterocycles. The second kappa shape index (κ2) is 11.8. The van der Waals surface area contributed by atoms with Crippen molar-refractivity contribution in [3.05, 3.63) is 53.5 Å². The van der Waals surface area contributed by atoms with Gasteiger partial charge in [-0.05, 0) is 32.0 Å². The van der Waals surface area contributed by atoms with Gasteiger partial charge in [0.1, 0.15) is 17.8 Å². The molecule has 0 saturated carbocycles. The molecule has 4 atom stereocenters. The summed E-state index contributed by atoms with van der Waals surface area (Å²) in [7, 11) is 1.71. The lowest BCUT2D eigenvalue weighted by Crippen LogP contribution is -2.50. The van der Waals surface area contributed by atoms with Gasteiger partial charge in [-0.15, -0.1) is 0 Å². The van der Waals surface area contributed by atoms with Gasteiger partial charge in [-0.2, -0.15) is 0 Å². The Morgan fingerprint density at radius 2 is 2.11 bits per heavy atom. The third kappa shape index (κ3) is 6.78. The van der Waals surface area contributed by atoms with Crippen molar-refractivity contribution in [2.45, 2.75) is 45.4 Å². The predicted octanol–water partition coefficient (Wildman–Crippen LogP) is 1.13. The van der Waals surface area contributed by atoms with Crippen molar-refractivity contribution in [2.75, 3.05) is 26.7 Å². The van der Waals surface area contributed by atoms with Crippen molar-refractivity contribution >= 4 is 11.8 Å². The Balaban J connectivity index is 1.89. The second-order valence-corrected chi connectivity index (χ2v) is 8.92. The minimum atomic E-state index is -0.820. The quantitative estimate of drug-likeness (QED) is 0.596. The fraction of sp³-hybridized carbons (Fsp3) is 0.462. The molecule has 2 N–H and O–H groups in total. The summed E-state index contributed by atoms with van der Waals surface area (Å²) in [6, 6.07) is 6.60. The van der Waals surface area contributed by atoms with Crippen LogP contribution in [0.1, 0.15) is 42.4 Å². The molecule has 0 spiro atoms. The molecule has 1 aliphatic rings. The molecule has 2 aromatic heterocycles. The summed E-state index contributed by atoms with van der Waals surface area (Å²) >= 11 is 0. The van der Waals surface area contributed by atoms with E-state index in [0.717, 1.165) is 0 Å². The van der Waals surface area contributed by atoms with E-state index in [9.17, 15) is 19.8 Å². The van der Waals surface area contributed by atoms with Crippen molar-refractivity contribution in [1.29, 1.82) is 0 Å². The maximum Gasteiger partial charge on any atom is 0.259 e. The largest absolute Gasteiger partial charge is 0.472 e. The molecule has 2 amide bonds. The SMILES string of the molecule is C[C@H](O)C#Cc1cnc2c(c1)C(=O)N([C@H](C)CO)C[C@H](C)[C@@H](CN(C)C(=O)Cc1ccccn1)O2. The summed E-state index contributed by atoms with van der Waals surface area (Å²) in [6.45, 7) is 5.68. The number of rotatable bonds is 6. The predicted molar refractivity (Wildman–Crippen MR) is 130 cm³/mol. The van der Waals surface area contributed by atoms with Gasteiger partial charge < -0.3 is 24.7 Å². The molecule has 0 fully saturated rings. The molecular weight excluding hydrogens is 448 g/mol. The molecule has 3 rings (SSSR count). The van der Waals surface area contributed by atoms with E-state index in [-0.39, 0.29) is 48.7 Å². The second-order valence-electron chi connectivity index (χ2n) is 8.92. The minimum absolute atomic E-state index is 0.102. The molecule has 9 nitrogen and oxygen atoms in total. The molecule has 1 aliphatic heterocycles. The van der Waals surface area contributed by atoms with Gasteiger partial charge in [0, 0.05) is 43.2 Å². The summed E-state index contributed by atoms with van der Waals surface area (Å²) in [5, 5.41) is 19.2. The van der Waals surface area contributed by atoms with Crippen LogP contribution in [0.5, 0.6) is 5.88 Å². The number of hydrogen-bond acceptors (Lipinski definition) is 7. The molecule has 35 heavy (non-hydrogen) atoms. The lowest BCUT2D eigenvalue weighted by molar-refractivity contribution is -0.130. The highest BCUT2D eigenvalue weighted by atomic mass is 16.5. The van der Waals surface area contributed by atoms with E-state index in [0.29, 0.717) is 17.8 Å². The van der Waals surface area contributed by atoms with Gasteiger partial charge in [0.15, 0.2) is 0 Å². The van der Waals surface area contributed by atoms with E-state index in [2.05, 4.69) is 21.8 Å². The molecule has 0 unspecified atom stereocenters. The summed E-state index contributed by atoms with van der Waals surface area (Å²) in [6.07, 6.45) is 2.04. The number of aromatic nitrogens is 2. The van der Waals surface area contributed by atoms with Crippen molar-refractivity contribution in [2.24, 2.45) is 5.92 Å². The number of pyridine rings is 2. The Bertz CT molecular complexity index is 1100. The van der Waals surface area contributed by atoms with E-state index >= 15 is 0 Å². The smallest absolute Gasteiger partial charge is 0.259 e. The van der Waals surface area contributed by atoms with Gasteiger partial charge in [-0.25, -0.2) is 4.98 Å². The zero-order valence-corrected chi connectivity index (χ0v) is 20.5. The lowest BCUT2D eigenvalue weighted by atomic mass is 9.99. The third-order valence-corrected chi connectivity index (χ3v) is 5.88. The van der Waals surface area contributed by atoms with E-state index in [4.69, 9.17) is 4.74 Å². The fourth-order valence-electron chi connectivity index (χ4n) is 3.74. The van der Waals surface area contributed by atoms with E-state index < -0.39 is 18.2 Å². The number of hydrogen-bond donors (Lipinski definition) is 2. The first-order valence-electron chi connectivity index (χ1n) is 11.6. The maximum absolute atomic E-state index is 13.4. The molecule has 186 valence electrons. The molecule has 9 heteroatoms. The monoisotopic (exact) mass is 480 g/mol. The Hall–Kier alpha value is -3.48. The van der Waals surface area contributed by atoms with Gasteiger partial charge in [-0.1, -0.05) is 24.8 Å². The average Bonchev–Trinajstić information content (AvgIpc) is 2.84. The lowest BCUT2D eigenvalue weighted by Gasteiger charge is -2.37. The number of carbonyl (C=O) groups excluding carboxylic acids is 2. The van der Waals surface area contributed by atoms with Crippen LogP contribution >= 0.6 is 0 Å². The summed E-state index contributed by atoms with van der Waals surface area (Å²) in [5.74, 6) is 5.02. The van der Waals surface area contributed by atoms with Crippen LogP contribution < -0.4 is 4.74 Å². The Kier molecular flexibility index (Phi) is 8.79. The van der Waals surface area contributed by atoms with Crippen LogP contribution in [0.2, 0.25) is 0 Å². The molecular formula is C26H32N4O5. The third-order valence-electron chi connectivity index (χ3n) is 5.88. The highest BCUT2D eigenvalue weighted by Gasteiger charge is 2.34. The van der Waals surface area contributed by atoms with Crippen LogP contribution in [0.15, 0.2) is 36.7 Å². The summed E-state index contributed by atoms with van der Waals surface area (Å²) < 4.78 is 6.20. The van der Waals surface area contributed by atoms with Crippen LogP contribution in [0, 0.1) is 17.8 Å². The summed E-state index contributed by atoms with van der Waals surface area (Å²) in [4.78, 5) is 38.0. The van der Waals surface area contributed by atoms with Crippen LogP contribution in [0.25, 0.3) is 0 Å². The molecule has 2 aromatic rings. The first-order valence-corrected chi connectivity index (χ1v) is 11.6. The zero-order chi connectivity index (χ0) is 25.5. The van der Waals surface area contributed by atoms with E-state index in [1.807, 2.05) is 13.0 Å². The van der Waals surface area contributed by atoms with Gasteiger partial charge in [0.25, 0.3) is 5.91 Å². The van der Waals surface area contributed by atoms with Crippen LogP contribution in [0.4, 0.5) is 0 Å². The van der Waals surface area contributed by atoms with Crippen molar-refractivity contribution in [3.63, 3.8) is 0 Å². The highest BCUT2D eigenvalue weighted by molar-refractivity contribution is 5.97. The fourth-order valence-corrected chi connectivity index (χ4v) is 3.74. The number of aliphatic hydroxyl groups excluding tert-OH is 2. The Morgan fingerprint density at radius 3 is 2.77 bits per heavy atom. The van der Waals surface area contributed by atoms with Crippen molar-refractivity contribution in [1.82, 2.24) is 19.8 Å². The van der Waals surface area contributed by atoms with Gasteiger partial charge in [0.2, 0.25) is 11.8 Å². The number of amides is 2. The minimum Gasteiger partial charge on any atom is -0.472 e. The number of ether oxygens (including phenoxy) is 1. The normalized spacial score (nSPS) is 19.3. The molecule has 0 radical (unpaired) electrons. The van der Waals surface area contributed by atoms with Crippen LogP contribution in [-0.4, -0.2) is 86.8 Å². The van der Waals surface area contributed by atoms with Crippen molar-refractivity contribution < 1.29 is 24.5 Å². The Morgan fingerprint density at radius 1 is 1.34 bits per heavy atom. The Labute approximate surface area is 205 Å². The number of nitrogens with zero attached hydrogens (tertiary/aromatic N) is 4. The van der Waals surface area contributed by atoms with Crippen LogP contribution in [0.3, 0.4) is 0 Å². The standard InChI is InChI=1S/C26H32N4O5/c1-17-14-30(18(2)16-31)26(34)22-11-20(9-8-19(3)32)13-28-25(22)35-23(17)15-29(4)24(33)12-21-7-5-6-10-27-21/h5-7,10-11,13,17-19,23,31-32H,12,14-16H2,1-4H3/t17-,18+,19-,23+/m0/s1. The summed E-state index contributed by atoms with van der Waals surface area (Å²) in [5.41, 5.74) is 1.37. The number of carbonyl (C=O) groups is 2. The first-order chi connectivity index (χ1) is 16.7. The first kappa shape index (κ1) is 26.1. The van der Waals surface area contributed by atoms with E-state index in [1.54, 1.807) is 55.1 Å². The van der Waals surface area contributed by atoms with Crippen molar-refractivity contribution in [3.8, 4) is 17.7 Å². The number of likely N-dealkylation sites (N-methyl/N-ethyl adjacent to an activating group) is 1. The van der Waals surface area contributed by atoms with Gasteiger partial charge in [-0.3, -0.25) is 14.6 Å². The van der Waals surface area contributed by atoms with Crippen LogP contribution in [-0.2, 0) is 11.2 Å². The number of aliphatic hydroxyl groups is 2.